The van der Waals surface area contributed by atoms with Crippen molar-refractivity contribution in [1.29, 1.82) is 0 Å². The van der Waals surface area contributed by atoms with Gasteiger partial charge in [-0.05, 0) is 0 Å². The quantitative estimate of drug-likeness (QED) is 0.509. The summed E-state index contributed by atoms with van der Waals surface area (Å²) in [4.78, 5) is 0. The molecule has 0 radical (unpaired) electrons. The van der Waals surface area contributed by atoms with Crippen LogP contribution in [0.2, 0.25) is 0 Å². The Hall–Kier alpha value is -0.740. The van der Waals surface area contributed by atoms with Gasteiger partial charge in [0.1, 0.15) is 6.04 Å². The zero-order valence-electron chi connectivity index (χ0n) is 5.39. The fourth-order valence-corrected chi connectivity index (χ4v) is 0.854. The van der Waals surface area contributed by atoms with E-state index in [9.17, 15) is 13.2 Å². The highest BCUT2D eigenvalue weighted by Crippen LogP contribution is 2.28. The van der Waals surface area contributed by atoms with Gasteiger partial charge in [0.05, 0.1) is 0 Å². The standard InChI is InChI=1S/C5H7F3N2/c1-10-4(2-3-9-10)5(6,7)8/h3-4H,2H2,1H3. The van der Waals surface area contributed by atoms with Crippen LogP contribution in [0, 0.1) is 0 Å². The SMILES string of the molecule is CN1N=CCC1C(F)(F)F. The van der Waals surface area contributed by atoms with Gasteiger partial charge in [-0.1, -0.05) is 0 Å². The van der Waals surface area contributed by atoms with Crippen molar-refractivity contribution < 1.29 is 13.2 Å². The molecule has 1 heterocycles. The molecular weight excluding hydrogens is 145 g/mol. The van der Waals surface area contributed by atoms with Gasteiger partial charge in [-0.2, -0.15) is 18.3 Å². The highest BCUT2D eigenvalue weighted by molar-refractivity contribution is 5.60. The molecule has 0 aromatic heterocycles. The van der Waals surface area contributed by atoms with Crippen molar-refractivity contribution >= 4 is 6.21 Å². The largest absolute Gasteiger partial charge is 0.410 e. The minimum Gasteiger partial charge on any atom is -0.288 e. The second kappa shape index (κ2) is 2.14. The van der Waals surface area contributed by atoms with Crippen LogP contribution in [0.5, 0.6) is 0 Å². The molecule has 0 amide bonds. The molecule has 0 aromatic carbocycles. The second-order valence-electron chi connectivity index (χ2n) is 2.16. The van der Waals surface area contributed by atoms with Crippen LogP contribution in [-0.2, 0) is 0 Å². The van der Waals surface area contributed by atoms with E-state index >= 15 is 0 Å². The van der Waals surface area contributed by atoms with Gasteiger partial charge in [-0.3, -0.25) is 5.01 Å². The van der Waals surface area contributed by atoms with Crippen LogP contribution in [0.3, 0.4) is 0 Å². The van der Waals surface area contributed by atoms with Gasteiger partial charge >= 0.3 is 6.18 Å². The maximum atomic E-state index is 11.9. The topological polar surface area (TPSA) is 15.6 Å². The monoisotopic (exact) mass is 152 g/mol. The van der Waals surface area contributed by atoms with E-state index in [1.807, 2.05) is 0 Å². The van der Waals surface area contributed by atoms with E-state index in [2.05, 4.69) is 5.10 Å². The molecule has 0 spiro atoms. The van der Waals surface area contributed by atoms with Crippen molar-refractivity contribution in [2.75, 3.05) is 7.05 Å². The van der Waals surface area contributed by atoms with Gasteiger partial charge in [0.25, 0.3) is 0 Å². The summed E-state index contributed by atoms with van der Waals surface area (Å²) < 4.78 is 35.7. The summed E-state index contributed by atoms with van der Waals surface area (Å²) in [6.07, 6.45) is -2.90. The summed E-state index contributed by atoms with van der Waals surface area (Å²) >= 11 is 0. The van der Waals surface area contributed by atoms with E-state index in [1.54, 1.807) is 0 Å². The summed E-state index contributed by atoms with van der Waals surface area (Å²) in [5.74, 6) is 0. The normalized spacial score (nSPS) is 26.0. The Kier molecular flexibility index (Phi) is 1.58. The third kappa shape index (κ3) is 1.22. The van der Waals surface area contributed by atoms with Crippen LogP contribution in [0.15, 0.2) is 5.10 Å². The van der Waals surface area contributed by atoms with Gasteiger partial charge in [-0.25, -0.2) is 0 Å². The molecule has 0 saturated carbocycles. The lowest BCUT2D eigenvalue weighted by Crippen LogP contribution is -2.37. The molecule has 0 fully saturated rings. The van der Waals surface area contributed by atoms with Crippen LogP contribution in [-0.4, -0.2) is 30.5 Å². The summed E-state index contributed by atoms with van der Waals surface area (Å²) in [6, 6.07) is -1.41. The highest BCUT2D eigenvalue weighted by Gasteiger charge is 2.43. The number of halogens is 3. The maximum absolute atomic E-state index is 11.9. The number of hydrazone groups is 1. The Morgan fingerprint density at radius 2 is 2.20 bits per heavy atom. The van der Waals surface area contributed by atoms with Gasteiger partial charge in [-0.15, -0.1) is 0 Å². The molecule has 0 N–H and O–H groups in total. The van der Waals surface area contributed by atoms with Gasteiger partial charge < -0.3 is 0 Å². The molecule has 1 rings (SSSR count). The van der Waals surface area contributed by atoms with E-state index in [0.717, 1.165) is 5.01 Å². The first-order chi connectivity index (χ1) is 4.52. The number of rotatable bonds is 0. The summed E-state index contributed by atoms with van der Waals surface area (Å²) in [5.41, 5.74) is 0. The molecule has 0 aromatic rings. The second-order valence-corrected chi connectivity index (χ2v) is 2.16. The summed E-state index contributed by atoms with van der Waals surface area (Å²) in [6.45, 7) is 0. The lowest BCUT2D eigenvalue weighted by Gasteiger charge is -2.21. The first kappa shape index (κ1) is 7.37. The third-order valence-electron chi connectivity index (χ3n) is 1.42. The Bertz CT molecular complexity index is 151. The molecule has 0 bridgehead atoms. The number of nitrogens with zero attached hydrogens (tertiary/aromatic N) is 2. The van der Waals surface area contributed by atoms with Crippen molar-refractivity contribution in [2.45, 2.75) is 18.6 Å². The Morgan fingerprint density at radius 3 is 2.40 bits per heavy atom. The molecule has 1 unspecified atom stereocenters. The first-order valence-electron chi connectivity index (χ1n) is 2.84. The van der Waals surface area contributed by atoms with Gasteiger partial charge in [0.2, 0.25) is 0 Å². The molecule has 1 aliphatic rings. The Morgan fingerprint density at radius 1 is 1.60 bits per heavy atom. The van der Waals surface area contributed by atoms with Crippen LogP contribution in [0.1, 0.15) is 6.42 Å². The van der Waals surface area contributed by atoms with Crippen molar-refractivity contribution in [3.63, 3.8) is 0 Å². The molecular formula is C5H7F3N2. The van der Waals surface area contributed by atoms with Crippen molar-refractivity contribution in [3.8, 4) is 0 Å². The van der Waals surface area contributed by atoms with E-state index in [4.69, 9.17) is 0 Å². The lowest BCUT2D eigenvalue weighted by atomic mass is 10.2. The van der Waals surface area contributed by atoms with Crippen LogP contribution < -0.4 is 0 Å². The molecule has 2 nitrogen and oxygen atoms in total. The summed E-state index contributed by atoms with van der Waals surface area (Å²) in [7, 11) is 1.32. The Balaban J connectivity index is 2.60. The fraction of sp³-hybridized carbons (Fsp3) is 0.800. The van der Waals surface area contributed by atoms with Crippen molar-refractivity contribution in [2.24, 2.45) is 5.10 Å². The van der Waals surface area contributed by atoms with Crippen molar-refractivity contribution in [1.82, 2.24) is 5.01 Å². The van der Waals surface area contributed by atoms with Gasteiger partial charge in [0.15, 0.2) is 0 Å². The lowest BCUT2D eigenvalue weighted by molar-refractivity contribution is -0.174. The molecule has 1 aliphatic heterocycles. The maximum Gasteiger partial charge on any atom is 0.410 e. The van der Waals surface area contributed by atoms with Crippen LogP contribution >= 0.6 is 0 Å². The zero-order valence-corrected chi connectivity index (χ0v) is 5.39. The zero-order chi connectivity index (χ0) is 7.78. The van der Waals surface area contributed by atoms with E-state index in [-0.39, 0.29) is 6.42 Å². The van der Waals surface area contributed by atoms with Crippen LogP contribution in [0.25, 0.3) is 0 Å². The van der Waals surface area contributed by atoms with E-state index < -0.39 is 12.2 Å². The molecule has 58 valence electrons. The minimum atomic E-state index is -4.15. The number of alkyl halides is 3. The smallest absolute Gasteiger partial charge is 0.288 e. The predicted octanol–water partition coefficient (Wildman–Crippen LogP) is 1.24. The minimum absolute atomic E-state index is 0.0278. The van der Waals surface area contributed by atoms with Crippen molar-refractivity contribution in [3.05, 3.63) is 0 Å². The highest BCUT2D eigenvalue weighted by atomic mass is 19.4. The molecule has 1 atom stereocenters. The molecule has 10 heavy (non-hydrogen) atoms. The average molecular weight is 152 g/mol. The van der Waals surface area contributed by atoms with E-state index in [1.165, 1.54) is 13.3 Å². The molecule has 5 heteroatoms. The number of hydrogen-bond donors (Lipinski definition) is 0. The van der Waals surface area contributed by atoms with E-state index in [0.29, 0.717) is 0 Å². The van der Waals surface area contributed by atoms with Gasteiger partial charge in [0, 0.05) is 19.7 Å². The third-order valence-corrected chi connectivity index (χ3v) is 1.42. The molecule has 0 saturated heterocycles. The fourth-order valence-electron chi connectivity index (χ4n) is 0.854. The first-order valence-corrected chi connectivity index (χ1v) is 2.84. The predicted molar refractivity (Wildman–Crippen MR) is 30.7 cm³/mol. The molecule has 0 aliphatic carbocycles. The number of hydrogen-bond acceptors (Lipinski definition) is 2. The summed E-state index contributed by atoms with van der Waals surface area (Å²) in [5, 5.41) is 4.40. The Labute approximate surface area is 56.3 Å². The van der Waals surface area contributed by atoms with Crippen LogP contribution in [0.4, 0.5) is 13.2 Å². The average Bonchev–Trinajstić information content (AvgIpc) is 2.11.